The van der Waals surface area contributed by atoms with Gasteiger partial charge in [-0.25, -0.2) is 0 Å². The molecule has 0 aliphatic heterocycles. The number of fused-ring (bicyclic) bond motifs is 9. The van der Waals surface area contributed by atoms with Gasteiger partial charge in [-0.05, 0) is 84.9 Å². The number of phenols is 8. The van der Waals surface area contributed by atoms with Crippen molar-refractivity contribution in [3.8, 4) is 79.4 Å². The van der Waals surface area contributed by atoms with E-state index in [9.17, 15) is 40.9 Å². The highest BCUT2D eigenvalue weighted by Gasteiger charge is 2.32. The van der Waals surface area contributed by atoms with Gasteiger partial charge >= 0.3 is 0 Å². The second kappa shape index (κ2) is 12.1. The van der Waals surface area contributed by atoms with E-state index >= 15 is 0 Å². The molecule has 9 nitrogen and oxygen atoms in total. The van der Waals surface area contributed by atoms with Crippen molar-refractivity contribution in [1.29, 1.82) is 0 Å². The normalized spacial score (nSPS) is 11.9. The molecule has 1 aromatic heterocycles. The SMILES string of the molecule is Oc1c(O)c(O)c2c(-c3ccc4oc5cc6ccccc6cc5c4c3)c3c(O)c(O)c(O)c(O)c3c(-c3ccc(-c4ccc5ccc6ccccc6c5c4)cc3)c2c1O. The quantitative estimate of drug-likeness (QED) is 0.0376. The molecule has 0 radical (unpaired) electrons. The molecule has 1 heterocycles. The molecule has 0 saturated heterocycles. The predicted octanol–water partition coefficient (Wildman–Crippen LogP) is 12.0. The van der Waals surface area contributed by atoms with Gasteiger partial charge < -0.3 is 45.3 Å². The molecule has 11 aromatic rings. The van der Waals surface area contributed by atoms with Gasteiger partial charge in [0.05, 0.1) is 0 Å². The molecular formula is C50H30O9. The number of benzene rings is 10. The lowest BCUT2D eigenvalue weighted by atomic mass is 9.83. The average molecular weight is 775 g/mol. The van der Waals surface area contributed by atoms with E-state index in [1.807, 2.05) is 72.8 Å². The van der Waals surface area contributed by atoms with Crippen LogP contribution in [0.2, 0.25) is 0 Å². The minimum absolute atomic E-state index is 0.0256. The lowest BCUT2D eigenvalue weighted by molar-refractivity contribution is 0.350. The van der Waals surface area contributed by atoms with Crippen molar-refractivity contribution in [2.45, 2.75) is 0 Å². The molecule has 8 N–H and O–H groups in total. The van der Waals surface area contributed by atoms with Gasteiger partial charge in [-0.3, -0.25) is 0 Å². The molecule has 59 heavy (non-hydrogen) atoms. The summed E-state index contributed by atoms with van der Waals surface area (Å²) < 4.78 is 6.22. The summed E-state index contributed by atoms with van der Waals surface area (Å²) >= 11 is 0. The molecule has 10 aromatic carbocycles. The highest BCUT2D eigenvalue weighted by atomic mass is 16.4. The summed E-state index contributed by atoms with van der Waals surface area (Å²) in [4.78, 5) is 0. The van der Waals surface area contributed by atoms with Crippen LogP contribution in [0.25, 0.3) is 109 Å². The van der Waals surface area contributed by atoms with Gasteiger partial charge in [-0.15, -0.1) is 0 Å². The van der Waals surface area contributed by atoms with E-state index < -0.39 is 46.0 Å². The zero-order valence-electron chi connectivity index (χ0n) is 30.7. The molecule has 284 valence electrons. The van der Waals surface area contributed by atoms with Crippen LogP contribution in [0.1, 0.15) is 0 Å². The Kier molecular flexibility index (Phi) is 6.97. The van der Waals surface area contributed by atoms with Crippen LogP contribution < -0.4 is 0 Å². The lowest BCUT2D eigenvalue weighted by Gasteiger charge is -2.22. The molecule has 0 saturated carbocycles. The molecule has 0 fully saturated rings. The van der Waals surface area contributed by atoms with Crippen LogP contribution in [0.5, 0.6) is 46.0 Å². The standard InChI is InChI=1S/C50H30O9/c51-43-39-37(26-14-9-23(10-15-26)29-16-13-25-12-11-24-5-3-4-8-31(24)32(25)19-29)40-42(46(54)50(58)48(56)44(40)52)38(41(39)45(53)49(57)47(43)55)30-17-18-35-33(21-30)34-20-27-6-1-2-7-28(27)22-36(34)59-35/h1-22,51-58H. The van der Waals surface area contributed by atoms with Crippen LogP contribution >= 0.6 is 0 Å². The predicted molar refractivity (Wildman–Crippen MR) is 231 cm³/mol. The Labute approximate surface area is 333 Å². The number of hydrogen-bond donors (Lipinski definition) is 8. The second-order valence-electron chi connectivity index (χ2n) is 14.8. The average Bonchev–Trinajstić information content (AvgIpc) is 3.63. The molecule has 0 bridgehead atoms. The second-order valence-corrected chi connectivity index (χ2v) is 14.8. The van der Waals surface area contributed by atoms with Crippen LogP contribution in [0.15, 0.2) is 138 Å². The van der Waals surface area contributed by atoms with Crippen LogP contribution in [0, 0.1) is 0 Å². The van der Waals surface area contributed by atoms with Gasteiger partial charge in [0.1, 0.15) is 11.2 Å². The minimum atomic E-state index is -1.03. The van der Waals surface area contributed by atoms with E-state index in [0.29, 0.717) is 27.7 Å². The van der Waals surface area contributed by atoms with Crippen molar-refractivity contribution in [1.82, 2.24) is 0 Å². The Morgan fingerprint density at radius 3 is 1.31 bits per heavy atom. The highest BCUT2D eigenvalue weighted by Crippen LogP contribution is 2.62. The zero-order chi connectivity index (χ0) is 40.4. The molecular weight excluding hydrogens is 745 g/mol. The monoisotopic (exact) mass is 774 g/mol. The third kappa shape index (κ3) is 4.73. The highest BCUT2D eigenvalue weighted by molar-refractivity contribution is 6.29. The summed E-state index contributed by atoms with van der Waals surface area (Å²) in [6.45, 7) is 0. The number of aromatic hydroxyl groups is 8. The maximum Gasteiger partial charge on any atom is 0.204 e. The first-order valence-electron chi connectivity index (χ1n) is 18.7. The fraction of sp³-hybridized carbons (Fsp3) is 0. The van der Waals surface area contributed by atoms with E-state index in [1.54, 1.807) is 30.3 Å². The van der Waals surface area contributed by atoms with Crippen molar-refractivity contribution in [2.75, 3.05) is 0 Å². The Morgan fingerprint density at radius 2 is 0.695 bits per heavy atom. The van der Waals surface area contributed by atoms with Gasteiger partial charge in [0.15, 0.2) is 23.0 Å². The molecule has 11 rings (SSSR count). The van der Waals surface area contributed by atoms with Crippen molar-refractivity contribution in [3.63, 3.8) is 0 Å². The summed E-state index contributed by atoms with van der Waals surface area (Å²) in [5, 5.41) is 97.8. The molecule has 0 unspecified atom stereocenters. The number of rotatable bonds is 3. The Morgan fingerprint density at radius 1 is 0.271 bits per heavy atom. The summed E-state index contributed by atoms with van der Waals surface area (Å²) in [5.41, 5.74) is 3.41. The van der Waals surface area contributed by atoms with Crippen molar-refractivity contribution in [2.24, 2.45) is 0 Å². The molecule has 0 amide bonds. The van der Waals surface area contributed by atoms with Crippen LogP contribution in [-0.2, 0) is 0 Å². The summed E-state index contributed by atoms with van der Waals surface area (Å²) in [6.07, 6.45) is 0. The zero-order valence-corrected chi connectivity index (χ0v) is 30.7. The van der Waals surface area contributed by atoms with Gasteiger partial charge in [-0.2, -0.15) is 0 Å². The van der Waals surface area contributed by atoms with Gasteiger partial charge in [-0.1, -0.05) is 103 Å². The number of furan rings is 1. The van der Waals surface area contributed by atoms with E-state index in [-0.39, 0.29) is 32.7 Å². The minimum Gasteiger partial charge on any atom is -0.504 e. The van der Waals surface area contributed by atoms with Crippen molar-refractivity contribution < 1.29 is 45.3 Å². The Balaban J connectivity index is 1.21. The van der Waals surface area contributed by atoms with E-state index in [2.05, 4.69) is 30.3 Å². The van der Waals surface area contributed by atoms with Gasteiger partial charge in [0, 0.05) is 43.4 Å². The summed E-state index contributed by atoms with van der Waals surface area (Å²) in [6, 6.07) is 42.2. The molecule has 9 heteroatoms. The van der Waals surface area contributed by atoms with Crippen LogP contribution in [0.4, 0.5) is 0 Å². The molecule has 0 atom stereocenters. The first-order valence-corrected chi connectivity index (χ1v) is 18.7. The fourth-order valence-electron chi connectivity index (χ4n) is 8.83. The Bertz CT molecular complexity index is 3560. The smallest absolute Gasteiger partial charge is 0.204 e. The summed E-state index contributed by atoms with van der Waals surface area (Å²) in [7, 11) is 0. The van der Waals surface area contributed by atoms with Crippen LogP contribution in [-0.4, -0.2) is 40.9 Å². The largest absolute Gasteiger partial charge is 0.504 e. The Hall–Kier alpha value is -8.30. The topological polar surface area (TPSA) is 175 Å². The lowest BCUT2D eigenvalue weighted by Crippen LogP contribution is -1.94. The summed E-state index contributed by atoms with van der Waals surface area (Å²) in [5.74, 6) is -7.50. The van der Waals surface area contributed by atoms with E-state index in [4.69, 9.17) is 4.42 Å². The van der Waals surface area contributed by atoms with Crippen molar-refractivity contribution in [3.05, 3.63) is 133 Å². The fourth-order valence-corrected chi connectivity index (χ4v) is 8.83. The molecule has 0 spiro atoms. The van der Waals surface area contributed by atoms with Gasteiger partial charge in [0.25, 0.3) is 0 Å². The van der Waals surface area contributed by atoms with Crippen LogP contribution in [0.3, 0.4) is 0 Å². The maximum atomic E-state index is 11.7. The third-order valence-corrected chi connectivity index (χ3v) is 11.7. The van der Waals surface area contributed by atoms with Crippen molar-refractivity contribution >= 4 is 75.8 Å². The van der Waals surface area contributed by atoms with E-state index in [0.717, 1.165) is 48.8 Å². The number of phenolic OH excluding ortho intramolecular Hbond substituents is 8. The van der Waals surface area contributed by atoms with E-state index in [1.165, 1.54) is 0 Å². The third-order valence-electron chi connectivity index (χ3n) is 11.7. The maximum absolute atomic E-state index is 11.7. The molecule has 0 aliphatic carbocycles. The number of hydrogen-bond acceptors (Lipinski definition) is 9. The first-order chi connectivity index (χ1) is 28.6. The molecule has 0 aliphatic rings. The van der Waals surface area contributed by atoms with Gasteiger partial charge in [0.2, 0.25) is 23.0 Å². The first kappa shape index (κ1) is 34.0.